The van der Waals surface area contributed by atoms with E-state index in [1.807, 2.05) is 6.92 Å². The summed E-state index contributed by atoms with van der Waals surface area (Å²) in [4.78, 5) is 0. The van der Waals surface area contributed by atoms with E-state index >= 15 is 0 Å². The molecule has 0 bridgehead atoms. The molecule has 0 aromatic rings. The van der Waals surface area contributed by atoms with Gasteiger partial charge in [0.15, 0.2) is 0 Å². The molecule has 0 amide bonds. The van der Waals surface area contributed by atoms with Gasteiger partial charge in [-0.3, -0.25) is 0 Å². The van der Waals surface area contributed by atoms with Crippen molar-refractivity contribution >= 4 is 9.84 Å². The first-order valence-corrected chi connectivity index (χ1v) is 8.53. The van der Waals surface area contributed by atoms with Gasteiger partial charge in [0.2, 0.25) is 0 Å². The van der Waals surface area contributed by atoms with Crippen LogP contribution in [0.2, 0.25) is 0 Å². The Balaban J connectivity index is 4.21. The van der Waals surface area contributed by atoms with Crippen LogP contribution in [0.4, 0.5) is 0 Å². The van der Waals surface area contributed by atoms with Gasteiger partial charge in [0, 0.05) is 24.7 Å². The fourth-order valence-electron chi connectivity index (χ4n) is 1.98. The van der Waals surface area contributed by atoms with Crippen LogP contribution in [-0.2, 0) is 14.6 Å². The van der Waals surface area contributed by atoms with E-state index in [9.17, 15) is 8.42 Å². The van der Waals surface area contributed by atoms with Crippen LogP contribution >= 0.6 is 0 Å². The summed E-state index contributed by atoms with van der Waals surface area (Å²) in [5.41, 5.74) is 0. The second-order valence-electron chi connectivity index (χ2n) is 4.34. The molecule has 0 heterocycles. The molecule has 0 fully saturated rings. The maximum absolute atomic E-state index is 11.1. The minimum atomic E-state index is -2.85. The SMILES string of the molecule is CCNC(CCCS(C)(=O)=O)C(CC)OCC. The topological polar surface area (TPSA) is 55.4 Å². The number of sulfone groups is 1. The van der Waals surface area contributed by atoms with Crippen molar-refractivity contribution in [2.24, 2.45) is 0 Å². The molecule has 5 heteroatoms. The van der Waals surface area contributed by atoms with E-state index in [2.05, 4.69) is 19.2 Å². The largest absolute Gasteiger partial charge is 0.377 e. The first-order chi connectivity index (χ1) is 7.94. The van der Waals surface area contributed by atoms with Gasteiger partial charge in [-0.1, -0.05) is 13.8 Å². The zero-order valence-corrected chi connectivity index (χ0v) is 12.3. The highest BCUT2D eigenvalue weighted by Gasteiger charge is 2.19. The zero-order valence-electron chi connectivity index (χ0n) is 11.5. The number of hydrogen-bond acceptors (Lipinski definition) is 4. The Morgan fingerprint density at radius 3 is 2.29 bits per heavy atom. The summed E-state index contributed by atoms with van der Waals surface area (Å²) in [6.45, 7) is 7.73. The standard InChI is InChI=1S/C12H27NO3S/c1-5-12(16-7-3)11(13-6-2)9-8-10-17(4,14)15/h11-13H,5-10H2,1-4H3. The molecule has 0 spiro atoms. The first-order valence-electron chi connectivity index (χ1n) is 6.47. The normalized spacial score (nSPS) is 15.8. The van der Waals surface area contributed by atoms with Crippen LogP contribution in [0.1, 0.15) is 40.0 Å². The van der Waals surface area contributed by atoms with Crippen LogP contribution in [0, 0.1) is 0 Å². The van der Waals surface area contributed by atoms with Gasteiger partial charge in [-0.15, -0.1) is 0 Å². The van der Waals surface area contributed by atoms with Crippen LogP contribution < -0.4 is 5.32 Å². The summed E-state index contributed by atoms with van der Waals surface area (Å²) < 4.78 is 27.8. The number of hydrogen-bond donors (Lipinski definition) is 1. The first kappa shape index (κ1) is 16.9. The van der Waals surface area contributed by atoms with Gasteiger partial charge in [-0.25, -0.2) is 8.42 Å². The van der Waals surface area contributed by atoms with Gasteiger partial charge < -0.3 is 10.1 Å². The summed E-state index contributed by atoms with van der Waals surface area (Å²) in [5.74, 6) is 0.261. The van der Waals surface area contributed by atoms with Crippen molar-refractivity contribution in [1.82, 2.24) is 5.32 Å². The molecular weight excluding hydrogens is 238 g/mol. The Morgan fingerprint density at radius 1 is 1.24 bits per heavy atom. The zero-order chi connectivity index (χ0) is 13.3. The van der Waals surface area contributed by atoms with Crippen LogP contribution in [-0.4, -0.2) is 45.7 Å². The molecular formula is C12H27NO3S. The fourth-order valence-corrected chi connectivity index (χ4v) is 2.67. The molecule has 0 aromatic heterocycles. The summed E-state index contributed by atoms with van der Waals surface area (Å²) in [5, 5.41) is 3.38. The second kappa shape index (κ2) is 8.89. The molecule has 0 aliphatic rings. The van der Waals surface area contributed by atoms with Crippen molar-refractivity contribution in [2.75, 3.05) is 25.2 Å². The lowest BCUT2D eigenvalue weighted by Gasteiger charge is -2.26. The molecule has 1 N–H and O–H groups in total. The van der Waals surface area contributed by atoms with Crippen LogP contribution in [0.15, 0.2) is 0 Å². The Morgan fingerprint density at radius 2 is 1.88 bits per heavy atom. The molecule has 0 aliphatic carbocycles. The second-order valence-corrected chi connectivity index (χ2v) is 6.60. The van der Waals surface area contributed by atoms with Crippen molar-refractivity contribution < 1.29 is 13.2 Å². The minimum Gasteiger partial charge on any atom is -0.377 e. The molecule has 17 heavy (non-hydrogen) atoms. The Bertz CT molecular complexity index is 277. The van der Waals surface area contributed by atoms with E-state index in [4.69, 9.17) is 4.74 Å². The quantitative estimate of drug-likeness (QED) is 0.652. The summed E-state index contributed by atoms with van der Waals surface area (Å²) in [7, 11) is -2.85. The summed E-state index contributed by atoms with van der Waals surface area (Å²) >= 11 is 0. The van der Waals surface area contributed by atoms with Crippen molar-refractivity contribution in [3.05, 3.63) is 0 Å². The number of nitrogens with one attached hydrogen (secondary N) is 1. The van der Waals surface area contributed by atoms with E-state index in [0.717, 1.165) is 19.4 Å². The lowest BCUT2D eigenvalue weighted by Crippen LogP contribution is -2.41. The van der Waals surface area contributed by atoms with E-state index in [0.29, 0.717) is 13.0 Å². The molecule has 0 aromatic carbocycles. The maximum Gasteiger partial charge on any atom is 0.147 e. The Labute approximate surface area is 106 Å². The van der Waals surface area contributed by atoms with Crippen molar-refractivity contribution in [3.8, 4) is 0 Å². The molecule has 0 aliphatic heterocycles. The van der Waals surface area contributed by atoms with Gasteiger partial charge in [0.25, 0.3) is 0 Å². The molecule has 104 valence electrons. The number of rotatable bonds is 10. The van der Waals surface area contributed by atoms with E-state index < -0.39 is 9.84 Å². The minimum absolute atomic E-state index is 0.180. The molecule has 2 atom stereocenters. The van der Waals surface area contributed by atoms with Gasteiger partial charge in [0.05, 0.1) is 6.10 Å². The van der Waals surface area contributed by atoms with Gasteiger partial charge in [-0.2, -0.15) is 0 Å². The monoisotopic (exact) mass is 265 g/mol. The fraction of sp³-hybridized carbons (Fsp3) is 1.00. The van der Waals surface area contributed by atoms with Gasteiger partial charge in [-0.05, 0) is 32.7 Å². The van der Waals surface area contributed by atoms with Crippen molar-refractivity contribution in [1.29, 1.82) is 0 Å². The predicted molar refractivity (Wildman–Crippen MR) is 72.1 cm³/mol. The highest BCUT2D eigenvalue weighted by molar-refractivity contribution is 7.90. The summed E-state index contributed by atoms with van der Waals surface area (Å²) in [6.07, 6.45) is 3.96. The molecule has 0 saturated carbocycles. The average molecular weight is 265 g/mol. The van der Waals surface area contributed by atoms with Crippen molar-refractivity contribution in [2.45, 2.75) is 52.2 Å². The van der Waals surface area contributed by atoms with Gasteiger partial charge in [0.1, 0.15) is 9.84 Å². The van der Waals surface area contributed by atoms with Crippen LogP contribution in [0.25, 0.3) is 0 Å². The smallest absolute Gasteiger partial charge is 0.147 e. The third-order valence-corrected chi connectivity index (χ3v) is 3.76. The van der Waals surface area contributed by atoms with E-state index in [1.54, 1.807) is 0 Å². The molecule has 2 unspecified atom stereocenters. The summed E-state index contributed by atoms with van der Waals surface area (Å²) in [6, 6.07) is 0.256. The number of ether oxygens (including phenoxy) is 1. The molecule has 0 rings (SSSR count). The molecule has 0 radical (unpaired) electrons. The van der Waals surface area contributed by atoms with Gasteiger partial charge >= 0.3 is 0 Å². The van der Waals surface area contributed by atoms with Crippen LogP contribution in [0.3, 0.4) is 0 Å². The van der Waals surface area contributed by atoms with Crippen LogP contribution in [0.5, 0.6) is 0 Å². The average Bonchev–Trinajstić information content (AvgIpc) is 2.23. The predicted octanol–water partition coefficient (Wildman–Crippen LogP) is 1.60. The Kier molecular flexibility index (Phi) is 8.82. The highest BCUT2D eigenvalue weighted by Crippen LogP contribution is 2.11. The molecule has 4 nitrogen and oxygen atoms in total. The molecule has 0 saturated heterocycles. The van der Waals surface area contributed by atoms with E-state index in [-0.39, 0.29) is 17.9 Å². The number of likely N-dealkylation sites (N-methyl/N-ethyl adjacent to an activating group) is 1. The van der Waals surface area contributed by atoms with Crippen molar-refractivity contribution in [3.63, 3.8) is 0 Å². The Hall–Kier alpha value is -0.130. The lowest BCUT2D eigenvalue weighted by atomic mass is 10.0. The highest BCUT2D eigenvalue weighted by atomic mass is 32.2. The lowest BCUT2D eigenvalue weighted by molar-refractivity contribution is 0.0299. The third-order valence-electron chi connectivity index (χ3n) is 2.73. The van der Waals surface area contributed by atoms with E-state index in [1.165, 1.54) is 6.26 Å². The maximum atomic E-state index is 11.1. The third kappa shape index (κ3) is 8.57.